The van der Waals surface area contributed by atoms with E-state index in [1.807, 2.05) is 6.07 Å². The molecule has 0 aliphatic rings. The molecule has 0 fully saturated rings. The third kappa shape index (κ3) is 2.89. The number of nitriles is 1. The van der Waals surface area contributed by atoms with Crippen LogP contribution in [0.2, 0.25) is 0 Å². The monoisotopic (exact) mass is 239 g/mol. The van der Waals surface area contributed by atoms with Crippen LogP contribution in [-0.4, -0.2) is 16.3 Å². The molecule has 0 aliphatic heterocycles. The van der Waals surface area contributed by atoms with E-state index in [1.54, 1.807) is 30.5 Å². The van der Waals surface area contributed by atoms with Crippen molar-refractivity contribution in [3.63, 3.8) is 0 Å². The van der Waals surface area contributed by atoms with E-state index >= 15 is 0 Å². The van der Waals surface area contributed by atoms with Gasteiger partial charge in [-0.25, -0.2) is 9.97 Å². The standard InChI is InChI=1S/C13H9N3O2/c14-6-12-5-10(3-4-15-12)9-18-13-2-1-11(8-17)16-7-13/h1-5,7-8H,9H2. The number of rotatable bonds is 4. The van der Waals surface area contributed by atoms with Crippen molar-refractivity contribution < 1.29 is 9.53 Å². The molecule has 5 nitrogen and oxygen atoms in total. The van der Waals surface area contributed by atoms with Gasteiger partial charge in [0.25, 0.3) is 0 Å². The van der Waals surface area contributed by atoms with Gasteiger partial charge in [-0.2, -0.15) is 5.26 Å². The smallest absolute Gasteiger partial charge is 0.168 e. The Morgan fingerprint density at radius 2 is 2.22 bits per heavy atom. The van der Waals surface area contributed by atoms with Crippen molar-refractivity contribution in [1.29, 1.82) is 5.26 Å². The van der Waals surface area contributed by atoms with E-state index in [0.29, 0.717) is 30.0 Å². The second-order valence-corrected chi connectivity index (χ2v) is 3.49. The summed E-state index contributed by atoms with van der Waals surface area (Å²) in [7, 11) is 0. The summed E-state index contributed by atoms with van der Waals surface area (Å²) < 4.78 is 5.48. The Kier molecular flexibility index (Phi) is 3.62. The number of hydrogen-bond donors (Lipinski definition) is 0. The first-order chi connectivity index (χ1) is 8.81. The molecule has 5 heteroatoms. The molecule has 0 unspecified atom stereocenters. The van der Waals surface area contributed by atoms with Crippen LogP contribution in [0.4, 0.5) is 0 Å². The highest BCUT2D eigenvalue weighted by molar-refractivity contribution is 5.71. The number of nitrogens with zero attached hydrogens (tertiary/aromatic N) is 3. The first-order valence-electron chi connectivity index (χ1n) is 5.21. The molecular weight excluding hydrogens is 230 g/mol. The molecule has 0 radical (unpaired) electrons. The molecule has 0 saturated carbocycles. The van der Waals surface area contributed by atoms with Crippen LogP contribution in [0.1, 0.15) is 21.7 Å². The van der Waals surface area contributed by atoms with Crippen molar-refractivity contribution >= 4 is 6.29 Å². The van der Waals surface area contributed by atoms with E-state index in [9.17, 15) is 4.79 Å². The molecule has 0 spiro atoms. The first kappa shape index (κ1) is 11.7. The molecule has 18 heavy (non-hydrogen) atoms. The molecular formula is C13H9N3O2. The van der Waals surface area contributed by atoms with Crippen LogP contribution in [0, 0.1) is 11.3 Å². The van der Waals surface area contributed by atoms with Crippen LogP contribution in [0.3, 0.4) is 0 Å². The van der Waals surface area contributed by atoms with E-state index in [-0.39, 0.29) is 0 Å². The fourth-order valence-corrected chi connectivity index (χ4v) is 1.34. The number of aromatic nitrogens is 2. The van der Waals surface area contributed by atoms with Gasteiger partial charge in [-0.15, -0.1) is 0 Å². The number of pyridine rings is 2. The zero-order valence-electron chi connectivity index (χ0n) is 9.41. The fraction of sp³-hybridized carbons (Fsp3) is 0.0769. The van der Waals surface area contributed by atoms with Crippen LogP contribution in [0.5, 0.6) is 5.75 Å². The Bertz CT molecular complexity index is 588. The minimum Gasteiger partial charge on any atom is -0.487 e. The summed E-state index contributed by atoms with van der Waals surface area (Å²) in [5.41, 5.74) is 1.56. The van der Waals surface area contributed by atoms with Crippen molar-refractivity contribution in [2.24, 2.45) is 0 Å². The van der Waals surface area contributed by atoms with Crippen molar-refractivity contribution in [1.82, 2.24) is 9.97 Å². The number of carbonyl (C=O) groups is 1. The maximum atomic E-state index is 10.4. The molecule has 0 aromatic carbocycles. The lowest BCUT2D eigenvalue weighted by Crippen LogP contribution is -1.97. The predicted molar refractivity (Wildman–Crippen MR) is 62.9 cm³/mol. The highest BCUT2D eigenvalue weighted by Gasteiger charge is 1.99. The Morgan fingerprint density at radius 3 is 2.89 bits per heavy atom. The Morgan fingerprint density at radius 1 is 1.33 bits per heavy atom. The number of aldehydes is 1. The average molecular weight is 239 g/mol. The van der Waals surface area contributed by atoms with Crippen molar-refractivity contribution in [2.45, 2.75) is 6.61 Å². The molecule has 88 valence electrons. The quantitative estimate of drug-likeness (QED) is 0.759. The Labute approximate surface area is 104 Å². The summed E-state index contributed by atoms with van der Waals surface area (Å²) >= 11 is 0. The van der Waals surface area contributed by atoms with Gasteiger partial charge in [-0.3, -0.25) is 4.79 Å². The topological polar surface area (TPSA) is 75.9 Å². The molecule has 0 amide bonds. The molecule has 2 rings (SSSR count). The molecule has 2 aromatic rings. The summed E-state index contributed by atoms with van der Waals surface area (Å²) in [5.74, 6) is 0.566. The average Bonchev–Trinajstić information content (AvgIpc) is 2.46. The minimum atomic E-state index is 0.319. The highest BCUT2D eigenvalue weighted by atomic mass is 16.5. The van der Waals surface area contributed by atoms with E-state index in [1.165, 1.54) is 6.20 Å². The molecule has 0 aliphatic carbocycles. The zero-order valence-corrected chi connectivity index (χ0v) is 9.41. The summed E-state index contributed by atoms with van der Waals surface area (Å²) in [6, 6.07) is 8.64. The van der Waals surface area contributed by atoms with Crippen LogP contribution in [-0.2, 0) is 6.61 Å². The number of ether oxygens (including phenoxy) is 1. The summed E-state index contributed by atoms with van der Waals surface area (Å²) in [4.78, 5) is 18.2. The lowest BCUT2D eigenvalue weighted by Gasteiger charge is -2.05. The molecule has 0 atom stereocenters. The molecule has 2 aromatic heterocycles. The normalized spacial score (nSPS) is 9.50. The highest BCUT2D eigenvalue weighted by Crippen LogP contribution is 2.11. The van der Waals surface area contributed by atoms with Crippen LogP contribution >= 0.6 is 0 Å². The van der Waals surface area contributed by atoms with Crippen molar-refractivity contribution in [2.75, 3.05) is 0 Å². The Balaban J connectivity index is 2.02. The zero-order chi connectivity index (χ0) is 12.8. The maximum Gasteiger partial charge on any atom is 0.168 e. The Hall–Kier alpha value is -2.74. The van der Waals surface area contributed by atoms with Crippen LogP contribution < -0.4 is 4.74 Å². The van der Waals surface area contributed by atoms with Gasteiger partial charge in [0.15, 0.2) is 6.29 Å². The van der Waals surface area contributed by atoms with Gasteiger partial charge in [0.05, 0.1) is 6.20 Å². The first-order valence-corrected chi connectivity index (χ1v) is 5.21. The molecule has 2 heterocycles. The van der Waals surface area contributed by atoms with Gasteiger partial charge < -0.3 is 4.74 Å². The summed E-state index contributed by atoms with van der Waals surface area (Å²) in [6.07, 6.45) is 3.72. The maximum absolute atomic E-state index is 10.4. The van der Waals surface area contributed by atoms with Crippen molar-refractivity contribution in [3.05, 3.63) is 53.6 Å². The van der Waals surface area contributed by atoms with E-state index in [2.05, 4.69) is 9.97 Å². The molecule has 0 bridgehead atoms. The molecule has 0 saturated heterocycles. The van der Waals surface area contributed by atoms with Gasteiger partial charge in [-0.05, 0) is 29.8 Å². The van der Waals surface area contributed by atoms with E-state index in [0.717, 1.165) is 5.56 Å². The fourth-order valence-electron chi connectivity index (χ4n) is 1.34. The largest absolute Gasteiger partial charge is 0.487 e. The van der Waals surface area contributed by atoms with Gasteiger partial charge in [0, 0.05) is 6.20 Å². The van der Waals surface area contributed by atoms with Gasteiger partial charge in [0.1, 0.15) is 29.8 Å². The van der Waals surface area contributed by atoms with Gasteiger partial charge in [-0.1, -0.05) is 0 Å². The summed E-state index contributed by atoms with van der Waals surface area (Å²) in [5, 5.41) is 8.71. The van der Waals surface area contributed by atoms with Crippen LogP contribution in [0.15, 0.2) is 36.7 Å². The summed E-state index contributed by atoms with van der Waals surface area (Å²) in [6.45, 7) is 0.319. The second kappa shape index (κ2) is 5.55. The molecule has 0 N–H and O–H groups in total. The second-order valence-electron chi connectivity index (χ2n) is 3.49. The predicted octanol–water partition coefficient (Wildman–Crippen LogP) is 1.74. The van der Waals surface area contributed by atoms with Gasteiger partial charge >= 0.3 is 0 Å². The van der Waals surface area contributed by atoms with Crippen LogP contribution in [0.25, 0.3) is 0 Å². The SMILES string of the molecule is N#Cc1cc(COc2ccc(C=O)nc2)ccn1. The van der Waals surface area contributed by atoms with Crippen molar-refractivity contribution in [3.8, 4) is 11.8 Å². The van der Waals surface area contributed by atoms with E-state index < -0.39 is 0 Å². The number of carbonyl (C=O) groups excluding carboxylic acids is 1. The van der Waals surface area contributed by atoms with Gasteiger partial charge in [0.2, 0.25) is 0 Å². The third-order valence-electron chi connectivity index (χ3n) is 2.22. The third-order valence-corrected chi connectivity index (χ3v) is 2.22. The van der Waals surface area contributed by atoms with E-state index in [4.69, 9.17) is 10.00 Å². The minimum absolute atomic E-state index is 0.319. The lowest BCUT2D eigenvalue weighted by atomic mass is 10.2. The number of hydrogen-bond acceptors (Lipinski definition) is 5. The lowest BCUT2D eigenvalue weighted by molar-refractivity contribution is 0.111.